The lowest BCUT2D eigenvalue weighted by Gasteiger charge is -2.23. The summed E-state index contributed by atoms with van der Waals surface area (Å²) in [4.78, 5) is 56.7. The van der Waals surface area contributed by atoms with Gasteiger partial charge in [-0.2, -0.15) is 0 Å². The van der Waals surface area contributed by atoms with Crippen LogP contribution in [0.15, 0.2) is 36.9 Å². The number of rotatable bonds is 8. The number of amides is 1. The monoisotopic (exact) mass is 444 g/mol. The number of ketones is 1. The van der Waals surface area contributed by atoms with Crippen molar-refractivity contribution in [3.8, 4) is 0 Å². The van der Waals surface area contributed by atoms with E-state index in [4.69, 9.17) is 9.84 Å². The number of halogens is 1. The highest BCUT2D eigenvalue weighted by Crippen LogP contribution is 2.28. The Morgan fingerprint density at radius 1 is 1.09 bits per heavy atom. The zero-order valence-corrected chi connectivity index (χ0v) is 17.3. The van der Waals surface area contributed by atoms with E-state index in [1.807, 2.05) is 0 Å². The molecular formula is C21H21FN4O6. The van der Waals surface area contributed by atoms with Crippen LogP contribution in [0, 0.1) is 5.92 Å². The van der Waals surface area contributed by atoms with Crippen molar-refractivity contribution in [2.45, 2.75) is 32.4 Å². The van der Waals surface area contributed by atoms with Gasteiger partial charge in [0, 0.05) is 35.6 Å². The minimum absolute atomic E-state index is 0.493. The summed E-state index contributed by atoms with van der Waals surface area (Å²) in [7, 11) is 0. The number of carbonyl (C=O) groups is 4. The number of pyridine rings is 2. The molecule has 10 nitrogen and oxygen atoms in total. The molecule has 2 unspecified atom stereocenters. The number of nitrogens with zero attached hydrogens (tertiary/aromatic N) is 3. The third kappa shape index (κ3) is 4.56. The summed E-state index contributed by atoms with van der Waals surface area (Å²) in [6.45, 7) is 1.79. The molecule has 11 heteroatoms. The van der Waals surface area contributed by atoms with Gasteiger partial charge >= 0.3 is 12.1 Å². The smallest absolute Gasteiger partial charge is 0.419 e. The molecule has 0 saturated heterocycles. The number of carboxylic acids is 1. The molecule has 3 aromatic rings. The van der Waals surface area contributed by atoms with Crippen molar-refractivity contribution in [1.29, 1.82) is 0 Å². The second-order valence-electron chi connectivity index (χ2n) is 7.43. The molecule has 0 spiro atoms. The normalized spacial score (nSPS) is 13.1. The Labute approximate surface area is 181 Å². The number of alkyl halides is 1. The van der Waals surface area contributed by atoms with Crippen LogP contribution in [0.3, 0.4) is 0 Å². The molecule has 2 atom stereocenters. The van der Waals surface area contributed by atoms with Gasteiger partial charge in [0.25, 0.3) is 5.91 Å². The first-order valence-corrected chi connectivity index (χ1v) is 9.74. The van der Waals surface area contributed by atoms with Gasteiger partial charge in [-0.25, -0.2) is 13.8 Å². The average Bonchev–Trinajstić information content (AvgIpc) is 3.10. The number of nitrogens with one attached hydrogen (secondary N) is 1. The Hall–Kier alpha value is -3.89. The second-order valence-corrected chi connectivity index (χ2v) is 7.43. The summed E-state index contributed by atoms with van der Waals surface area (Å²) < 4.78 is 19.5. The molecule has 3 aromatic heterocycles. The lowest BCUT2D eigenvalue weighted by Crippen LogP contribution is -2.49. The van der Waals surface area contributed by atoms with Crippen molar-refractivity contribution >= 4 is 45.6 Å². The predicted molar refractivity (Wildman–Crippen MR) is 111 cm³/mol. The molecule has 1 amide bonds. The van der Waals surface area contributed by atoms with Crippen molar-refractivity contribution in [3.05, 3.63) is 36.9 Å². The number of carbonyl (C=O) groups excluding carboxylic acids is 3. The Morgan fingerprint density at radius 3 is 2.12 bits per heavy atom. The van der Waals surface area contributed by atoms with Gasteiger partial charge in [-0.3, -0.25) is 24.4 Å². The van der Waals surface area contributed by atoms with Gasteiger partial charge in [0.2, 0.25) is 0 Å². The molecule has 168 valence electrons. The summed E-state index contributed by atoms with van der Waals surface area (Å²) in [5.74, 6) is -3.90. The van der Waals surface area contributed by atoms with Crippen molar-refractivity contribution in [2.24, 2.45) is 5.92 Å². The summed E-state index contributed by atoms with van der Waals surface area (Å²) in [6.07, 6.45) is 3.16. The molecule has 0 bridgehead atoms. The van der Waals surface area contributed by atoms with Crippen molar-refractivity contribution in [3.63, 3.8) is 0 Å². The molecule has 0 saturated carbocycles. The molecule has 0 aliphatic heterocycles. The van der Waals surface area contributed by atoms with Crippen LogP contribution in [0.4, 0.5) is 9.18 Å². The predicted octanol–water partition coefficient (Wildman–Crippen LogP) is 2.09. The molecule has 3 heterocycles. The van der Waals surface area contributed by atoms with Crippen LogP contribution in [0.1, 0.15) is 20.3 Å². The first kappa shape index (κ1) is 22.8. The Kier molecular flexibility index (Phi) is 6.76. The molecular weight excluding hydrogens is 423 g/mol. The van der Waals surface area contributed by atoms with Crippen LogP contribution in [0.25, 0.3) is 21.8 Å². The maximum atomic E-state index is 13.1. The lowest BCUT2D eigenvalue weighted by molar-refractivity contribution is -0.141. The average molecular weight is 444 g/mol. The highest BCUT2D eigenvalue weighted by Gasteiger charge is 2.32. The highest BCUT2D eigenvalue weighted by molar-refractivity contribution is 6.11. The van der Waals surface area contributed by atoms with E-state index < -0.39 is 54.9 Å². The maximum Gasteiger partial charge on any atom is 0.419 e. The van der Waals surface area contributed by atoms with E-state index in [1.165, 1.54) is 17.0 Å². The number of aliphatic carboxylic acids is 1. The van der Waals surface area contributed by atoms with Gasteiger partial charge in [0.1, 0.15) is 12.7 Å². The fourth-order valence-corrected chi connectivity index (χ4v) is 3.33. The third-order valence-corrected chi connectivity index (χ3v) is 4.86. The zero-order valence-electron chi connectivity index (χ0n) is 17.3. The Balaban J connectivity index is 1.91. The van der Waals surface area contributed by atoms with Gasteiger partial charge in [0.15, 0.2) is 11.9 Å². The lowest BCUT2D eigenvalue weighted by atomic mass is 10.0. The van der Waals surface area contributed by atoms with E-state index in [0.29, 0.717) is 21.8 Å². The number of Topliss-reactive ketones (excluding diaryl/α,β-unsaturated/α-hetero) is 1. The summed E-state index contributed by atoms with van der Waals surface area (Å²) >= 11 is 0. The van der Waals surface area contributed by atoms with Gasteiger partial charge in [0.05, 0.1) is 17.5 Å². The van der Waals surface area contributed by atoms with E-state index in [2.05, 4.69) is 15.3 Å². The van der Waals surface area contributed by atoms with E-state index >= 15 is 0 Å². The zero-order chi connectivity index (χ0) is 23.4. The fourth-order valence-electron chi connectivity index (χ4n) is 3.33. The number of aromatic nitrogens is 3. The molecule has 0 aliphatic rings. The van der Waals surface area contributed by atoms with Crippen LogP contribution in [-0.2, 0) is 19.1 Å². The molecule has 0 aliphatic carbocycles. The summed E-state index contributed by atoms with van der Waals surface area (Å²) in [5, 5.41) is 12.4. The summed E-state index contributed by atoms with van der Waals surface area (Å²) in [5.41, 5.74) is 0.986. The largest absolute Gasteiger partial charge is 0.481 e. The van der Waals surface area contributed by atoms with Crippen LogP contribution < -0.4 is 5.32 Å². The number of hydrogen-bond donors (Lipinski definition) is 2. The van der Waals surface area contributed by atoms with Crippen molar-refractivity contribution < 1.29 is 33.4 Å². The fraction of sp³-hybridized carbons (Fsp3) is 0.333. The van der Waals surface area contributed by atoms with E-state index in [1.54, 1.807) is 38.4 Å². The first-order chi connectivity index (χ1) is 15.2. The number of hydrogen-bond acceptors (Lipinski definition) is 7. The number of carboxylic acid groups (broad SMARTS) is 1. The molecule has 32 heavy (non-hydrogen) atoms. The topological polar surface area (TPSA) is 140 Å². The van der Waals surface area contributed by atoms with Crippen LogP contribution >= 0.6 is 0 Å². The van der Waals surface area contributed by atoms with Crippen LogP contribution in [0.2, 0.25) is 0 Å². The molecule has 2 N–H and O–H groups in total. The third-order valence-electron chi connectivity index (χ3n) is 4.86. The minimum atomic E-state index is -1.57. The summed E-state index contributed by atoms with van der Waals surface area (Å²) in [6, 6.07) is 1.66. The maximum absolute atomic E-state index is 13.1. The SMILES string of the molecule is CC(C)C(OC(=O)n1c2ccncc2c2cnccc21)C(=O)NC(CC(=O)O)C(=O)CF. The van der Waals surface area contributed by atoms with Gasteiger partial charge in [-0.05, 0) is 18.1 Å². The quantitative estimate of drug-likeness (QED) is 0.538. The molecule has 0 aromatic carbocycles. The number of fused-ring (bicyclic) bond motifs is 3. The highest BCUT2D eigenvalue weighted by atomic mass is 19.1. The Bertz CT molecular complexity index is 1140. The van der Waals surface area contributed by atoms with Crippen molar-refractivity contribution in [2.75, 3.05) is 6.67 Å². The van der Waals surface area contributed by atoms with Crippen LogP contribution in [-0.4, -0.2) is 62.2 Å². The molecule has 3 rings (SSSR count). The van der Waals surface area contributed by atoms with Gasteiger partial charge in [-0.1, -0.05) is 13.8 Å². The van der Waals surface area contributed by atoms with E-state index in [9.17, 15) is 23.6 Å². The van der Waals surface area contributed by atoms with E-state index in [0.717, 1.165) is 0 Å². The molecule has 0 radical (unpaired) electrons. The Morgan fingerprint density at radius 2 is 1.66 bits per heavy atom. The van der Waals surface area contributed by atoms with Crippen molar-refractivity contribution in [1.82, 2.24) is 19.9 Å². The number of ether oxygens (including phenoxy) is 1. The van der Waals surface area contributed by atoms with Crippen LogP contribution in [0.5, 0.6) is 0 Å². The second kappa shape index (κ2) is 9.50. The standard InChI is InChI=1S/C21H21FN4O6/c1-11(2)19(20(30)25-14(7-18(28)29)17(27)8-22)32-21(31)26-15-3-5-23-9-12(15)13-10-24-6-4-16(13)26/h3-6,9-11,14,19H,7-8H2,1-2H3,(H,25,30)(H,28,29). The van der Waals surface area contributed by atoms with E-state index in [-0.39, 0.29) is 0 Å². The van der Waals surface area contributed by atoms with Gasteiger partial charge < -0.3 is 15.2 Å². The first-order valence-electron chi connectivity index (χ1n) is 9.74. The molecule has 0 fully saturated rings. The van der Waals surface area contributed by atoms with Gasteiger partial charge in [-0.15, -0.1) is 0 Å². The minimum Gasteiger partial charge on any atom is -0.481 e.